The van der Waals surface area contributed by atoms with Crippen molar-refractivity contribution in [3.8, 4) is 0 Å². The number of anilines is 1. The zero-order valence-corrected chi connectivity index (χ0v) is 13.7. The van der Waals surface area contributed by atoms with Gasteiger partial charge in [-0.05, 0) is 24.3 Å². The van der Waals surface area contributed by atoms with Crippen molar-refractivity contribution in [1.82, 2.24) is 9.88 Å². The van der Waals surface area contributed by atoms with Crippen LogP contribution in [0.4, 0.5) is 5.13 Å². The highest BCUT2D eigenvalue weighted by Gasteiger charge is 2.19. The Bertz CT molecular complexity index is 646. The van der Waals surface area contributed by atoms with Crippen molar-refractivity contribution in [2.75, 3.05) is 18.4 Å². The first kappa shape index (κ1) is 15.2. The van der Waals surface area contributed by atoms with E-state index in [1.54, 1.807) is 11.3 Å². The number of nitrogens with one attached hydrogen (secondary N) is 1. The molecule has 0 radical (unpaired) electrons. The number of hydrogen-bond donors (Lipinski definition) is 1. The summed E-state index contributed by atoms with van der Waals surface area (Å²) in [7, 11) is 0. The lowest BCUT2D eigenvalue weighted by atomic mass is 10.3. The highest BCUT2D eigenvalue weighted by Crippen LogP contribution is 2.18. The van der Waals surface area contributed by atoms with Crippen molar-refractivity contribution in [3.05, 3.63) is 33.5 Å². The van der Waals surface area contributed by atoms with Gasteiger partial charge in [-0.1, -0.05) is 6.07 Å². The molecule has 2 aromatic rings. The van der Waals surface area contributed by atoms with E-state index in [2.05, 4.69) is 10.3 Å². The number of thiophene rings is 1. The average Bonchev–Trinajstić information content (AvgIpc) is 3.20. The second-order valence-corrected chi connectivity index (χ2v) is 7.10. The van der Waals surface area contributed by atoms with Crippen LogP contribution in [0.5, 0.6) is 0 Å². The molecule has 5 nitrogen and oxygen atoms in total. The Morgan fingerprint density at radius 3 is 2.77 bits per heavy atom. The molecule has 1 aliphatic heterocycles. The quantitative estimate of drug-likeness (QED) is 0.913. The van der Waals surface area contributed by atoms with E-state index in [4.69, 9.17) is 0 Å². The van der Waals surface area contributed by atoms with E-state index < -0.39 is 0 Å². The van der Waals surface area contributed by atoms with Gasteiger partial charge in [-0.25, -0.2) is 4.98 Å². The molecule has 0 atom stereocenters. The van der Waals surface area contributed by atoms with E-state index >= 15 is 0 Å². The maximum Gasteiger partial charge on any atom is 0.231 e. The van der Waals surface area contributed by atoms with Gasteiger partial charge in [0.15, 0.2) is 5.13 Å². The number of carbonyl (C=O) groups is 2. The van der Waals surface area contributed by atoms with E-state index in [-0.39, 0.29) is 11.8 Å². The second-order valence-electron chi connectivity index (χ2n) is 5.21. The van der Waals surface area contributed by atoms with Crippen LogP contribution in [0.2, 0.25) is 0 Å². The molecule has 2 amide bonds. The summed E-state index contributed by atoms with van der Waals surface area (Å²) in [6, 6.07) is 3.87. The van der Waals surface area contributed by atoms with Gasteiger partial charge < -0.3 is 10.2 Å². The zero-order valence-electron chi connectivity index (χ0n) is 12.1. The van der Waals surface area contributed by atoms with Crippen molar-refractivity contribution in [2.45, 2.75) is 25.7 Å². The van der Waals surface area contributed by atoms with Crippen LogP contribution in [0.3, 0.4) is 0 Å². The number of rotatable bonds is 5. The van der Waals surface area contributed by atoms with Crippen LogP contribution < -0.4 is 5.32 Å². The molecule has 0 aromatic carbocycles. The largest absolute Gasteiger partial charge is 0.342 e. The summed E-state index contributed by atoms with van der Waals surface area (Å²) in [6.45, 7) is 1.71. The van der Waals surface area contributed by atoms with Crippen LogP contribution in [0, 0.1) is 0 Å². The number of hydrogen-bond acceptors (Lipinski definition) is 5. The number of carbonyl (C=O) groups excluding carboxylic acids is 2. The van der Waals surface area contributed by atoms with E-state index in [9.17, 15) is 9.59 Å². The van der Waals surface area contributed by atoms with Gasteiger partial charge in [0, 0.05) is 23.3 Å². The minimum Gasteiger partial charge on any atom is -0.342 e. The summed E-state index contributed by atoms with van der Waals surface area (Å²) >= 11 is 2.93. The number of likely N-dealkylation sites (tertiary alicyclic amines) is 1. The molecular formula is C15H17N3O2S2. The summed E-state index contributed by atoms with van der Waals surface area (Å²) in [6.07, 6.45) is 2.86. The Hall–Kier alpha value is -1.73. The highest BCUT2D eigenvalue weighted by molar-refractivity contribution is 7.14. The van der Waals surface area contributed by atoms with Crippen LogP contribution in [0.15, 0.2) is 22.9 Å². The topological polar surface area (TPSA) is 62.3 Å². The normalized spacial score (nSPS) is 14.3. The maximum atomic E-state index is 12.1. The molecule has 0 spiro atoms. The fraction of sp³-hybridized carbons (Fsp3) is 0.400. The maximum absolute atomic E-state index is 12.1. The lowest BCUT2D eigenvalue weighted by Gasteiger charge is -2.13. The fourth-order valence-electron chi connectivity index (χ4n) is 2.41. The van der Waals surface area contributed by atoms with Gasteiger partial charge in [-0.3, -0.25) is 9.59 Å². The monoisotopic (exact) mass is 335 g/mol. The summed E-state index contributed by atoms with van der Waals surface area (Å²) in [5, 5.41) is 7.15. The van der Waals surface area contributed by atoms with Gasteiger partial charge >= 0.3 is 0 Å². The third-order valence-corrected chi connectivity index (χ3v) is 5.19. The van der Waals surface area contributed by atoms with Crippen LogP contribution >= 0.6 is 22.7 Å². The minimum atomic E-state index is -0.0748. The standard InChI is InChI=1S/C15H17N3O2S2/c19-13(9-12-4-3-7-21-12)17-15-16-11(10-22-15)8-14(20)18-5-1-2-6-18/h3-4,7,10H,1-2,5-6,8-9H2,(H,16,17,19). The first-order valence-corrected chi connectivity index (χ1v) is 9.01. The fourth-order valence-corrected chi connectivity index (χ4v) is 3.84. The number of amides is 2. The van der Waals surface area contributed by atoms with Gasteiger partial charge in [0.1, 0.15) is 0 Å². The summed E-state index contributed by atoms with van der Waals surface area (Å²) < 4.78 is 0. The molecule has 0 unspecified atom stereocenters. The smallest absolute Gasteiger partial charge is 0.231 e. The molecule has 0 saturated carbocycles. The Balaban J connectivity index is 1.52. The van der Waals surface area contributed by atoms with Crippen LogP contribution in [-0.2, 0) is 22.4 Å². The van der Waals surface area contributed by atoms with E-state index in [0.717, 1.165) is 36.5 Å². The molecule has 3 rings (SSSR count). The summed E-state index contributed by atoms with van der Waals surface area (Å²) in [5.41, 5.74) is 0.730. The SMILES string of the molecule is O=C(Cc1cccs1)Nc1nc(CC(=O)N2CCCC2)cs1. The second kappa shape index (κ2) is 7.02. The molecular weight excluding hydrogens is 318 g/mol. The van der Waals surface area contributed by atoms with Crippen molar-refractivity contribution in [2.24, 2.45) is 0 Å². The van der Waals surface area contributed by atoms with Crippen molar-refractivity contribution >= 4 is 39.6 Å². The van der Waals surface area contributed by atoms with Crippen molar-refractivity contribution in [3.63, 3.8) is 0 Å². The predicted octanol–water partition coefficient (Wildman–Crippen LogP) is 2.55. The summed E-state index contributed by atoms with van der Waals surface area (Å²) in [5.74, 6) is 0.0495. The Labute approximate surface area is 137 Å². The Morgan fingerprint density at radius 1 is 1.23 bits per heavy atom. The van der Waals surface area contributed by atoms with Crippen LogP contribution in [0.1, 0.15) is 23.4 Å². The van der Waals surface area contributed by atoms with Crippen molar-refractivity contribution < 1.29 is 9.59 Å². The van der Waals surface area contributed by atoms with E-state index in [0.29, 0.717) is 18.0 Å². The van der Waals surface area contributed by atoms with Crippen LogP contribution in [0.25, 0.3) is 0 Å². The summed E-state index contributed by atoms with van der Waals surface area (Å²) in [4.78, 5) is 31.2. The molecule has 1 fully saturated rings. The number of aromatic nitrogens is 1. The third-order valence-electron chi connectivity index (χ3n) is 3.50. The molecule has 0 aliphatic carbocycles. The van der Waals surface area contributed by atoms with Gasteiger partial charge in [0.2, 0.25) is 11.8 Å². The first-order chi connectivity index (χ1) is 10.7. The van der Waals surface area contributed by atoms with Gasteiger partial charge in [0.05, 0.1) is 18.5 Å². The average molecular weight is 335 g/mol. The zero-order chi connectivity index (χ0) is 15.4. The molecule has 3 heterocycles. The minimum absolute atomic E-state index is 0.0748. The molecule has 7 heteroatoms. The molecule has 0 bridgehead atoms. The number of thiazole rings is 1. The first-order valence-electron chi connectivity index (χ1n) is 7.25. The van der Waals surface area contributed by atoms with E-state index in [1.165, 1.54) is 11.3 Å². The lowest BCUT2D eigenvalue weighted by molar-refractivity contribution is -0.129. The van der Waals surface area contributed by atoms with E-state index in [1.807, 2.05) is 27.8 Å². The molecule has 1 N–H and O–H groups in total. The molecule has 22 heavy (non-hydrogen) atoms. The Kier molecular flexibility index (Phi) is 4.84. The Morgan fingerprint density at radius 2 is 2.05 bits per heavy atom. The van der Waals surface area contributed by atoms with Gasteiger partial charge in [-0.2, -0.15) is 0 Å². The molecule has 116 valence electrons. The van der Waals surface area contributed by atoms with Crippen molar-refractivity contribution in [1.29, 1.82) is 0 Å². The molecule has 1 saturated heterocycles. The van der Waals surface area contributed by atoms with Crippen LogP contribution in [-0.4, -0.2) is 34.8 Å². The molecule has 1 aliphatic rings. The highest BCUT2D eigenvalue weighted by atomic mass is 32.1. The lowest BCUT2D eigenvalue weighted by Crippen LogP contribution is -2.29. The van der Waals surface area contributed by atoms with Gasteiger partial charge in [-0.15, -0.1) is 22.7 Å². The number of nitrogens with zero attached hydrogens (tertiary/aromatic N) is 2. The van der Waals surface area contributed by atoms with Gasteiger partial charge in [0.25, 0.3) is 0 Å². The third kappa shape index (κ3) is 3.92. The predicted molar refractivity (Wildman–Crippen MR) is 88.3 cm³/mol. The molecule has 2 aromatic heterocycles.